The molecule has 0 saturated carbocycles. The first-order chi connectivity index (χ1) is 16.5. The highest BCUT2D eigenvalue weighted by atomic mass is 32.1. The Kier molecular flexibility index (Phi) is 7.99. The van der Waals surface area contributed by atoms with Crippen molar-refractivity contribution in [2.45, 2.75) is 13.5 Å². The van der Waals surface area contributed by atoms with Crippen LogP contribution in [0.5, 0.6) is 0 Å². The Labute approximate surface area is 202 Å². The quantitative estimate of drug-likeness (QED) is 0.491. The van der Waals surface area contributed by atoms with Crippen LogP contribution in [0.15, 0.2) is 54.0 Å². The van der Waals surface area contributed by atoms with Gasteiger partial charge in [-0.2, -0.15) is 0 Å². The van der Waals surface area contributed by atoms with Gasteiger partial charge in [0.05, 0.1) is 18.8 Å². The lowest BCUT2D eigenvalue weighted by atomic mass is 10.0. The van der Waals surface area contributed by atoms with Gasteiger partial charge in [-0.3, -0.25) is 19.6 Å². The van der Waals surface area contributed by atoms with Crippen LogP contribution in [0.25, 0.3) is 11.1 Å². The van der Waals surface area contributed by atoms with Crippen LogP contribution in [0.2, 0.25) is 0 Å². The van der Waals surface area contributed by atoms with Gasteiger partial charge in [0.1, 0.15) is 16.4 Å². The number of hydrogen-bond donors (Lipinski definition) is 1. The molecule has 1 saturated heterocycles. The summed E-state index contributed by atoms with van der Waals surface area (Å²) in [6, 6.07) is 11.8. The van der Waals surface area contributed by atoms with E-state index in [4.69, 9.17) is 4.74 Å². The number of nitrogens with zero attached hydrogens (tertiary/aromatic N) is 3. The van der Waals surface area contributed by atoms with Crippen LogP contribution in [0.3, 0.4) is 0 Å². The van der Waals surface area contributed by atoms with E-state index in [2.05, 4.69) is 20.1 Å². The number of halogens is 1. The zero-order chi connectivity index (χ0) is 23.9. The van der Waals surface area contributed by atoms with Crippen molar-refractivity contribution in [1.82, 2.24) is 14.8 Å². The van der Waals surface area contributed by atoms with E-state index in [0.29, 0.717) is 21.7 Å². The first-order valence-electron chi connectivity index (χ1n) is 11.2. The molecule has 4 rings (SSSR count). The van der Waals surface area contributed by atoms with E-state index < -0.39 is 5.97 Å². The Bertz CT molecular complexity index is 1110. The predicted octanol–water partition coefficient (Wildman–Crippen LogP) is 3.88. The summed E-state index contributed by atoms with van der Waals surface area (Å²) >= 11 is 1.26. The number of hydrogen-bond acceptors (Lipinski definition) is 7. The molecule has 3 heterocycles. The monoisotopic (exact) mass is 482 g/mol. The molecule has 0 unspecified atom stereocenters. The molecular weight excluding hydrogens is 455 g/mol. The van der Waals surface area contributed by atoms with Crippen molar-refractivity contribution in [3.8, 4) is 11.1 Å². The topological polar surface area (TPSA) is 74.8 Å². The third-order valence-corrected chi connectivity index (χ3v) is 6.52. The van der Waals surface area contributed by atoms with Crippen molar-refractivity contribution in [3.63, 3.8) is 0 Å². The molecule has 178 valence electrons. The summed E-state index contributed by atoms with van der Waals surface area (Å²) in [6.45, 7) is 6.24. The van der Waals surface area contributed by atoms with Gasteiger partial charge in [0, 0.05) is 49.9 Å². The second-order valence-corrected chi connectivity index (χ2v) is 8.88. The lowest BCUT2D eigenvalue weighted by molar-refractivity contribution is -0.117. The molecule has 0 spiro atoms. The number of rotatable bonds is 8. The lowest BCUT2D eigenvalue weighted by Gasteiger charge is -2.34. The molecule has 0 aliphatic carbocycles. The van der Waals surface area contributed by atoms with Crippen LogP contribution in [0.1, 0.15) is 23.0 Å². The predicted molar refractivity (Wildman–Crippen MR) is 130 cm³/mol. The first kappa shape index (κ1) is 24.0. The zero-order valence-corrected chi connectivity index (χ0v) is 19.8. The van der Waals surface area contributed by atoms with Gasteiger partial charge in [-0.1, -0.05) is 18.2 Å². The molecular formula is C25H27FN4O3S. The van der Waals surface area contributed by atoms with E-state index >= 15 is 0 Å². The molecule has 0 bridgehead atoms. The van der Waals surface area contributed by atoms with Gasteiger partial charge in [-0.25, -0.2) is 9.18 Å². The number of thiophene rings is 1. The van der Waals surface area contributed by atoms with Crippen molar-refractivity contribution in [2.75, 3.05) is 44.6 Å². The first-order valence-corrected chi connectivity index (χ1v) is 12.1. The number of anilines is 1. The van der Waals surface area contributed by atoms with Gasteiger partial charge in [0.25, 0.3) is 0 Å². The molecule has 1 amide bonds. The van der Waals surface area contributed by atoms with Crippen molar-refractivity contribution < 1.29 is 18.7 Å². The van der Waals surface area contributed by atoms with Crippen molar-refractivity contribution in [1.29, 1.82) is 0 Å². The smallest absolute Gasteiger partial charge is 0.341 e. The van der Waals surface area contributed by atoms with Crippen molar-refractivity contribution in [2.24, 2.45) is 0 Å². The normalized spacial score (nSPS) is 14.6. The van der Waals surface area contributed by atoms with Crippen LogP contribution >= 0.6 is 11.3 Å². The molecule has 0 radical (unpaired) electrons. The summed E-state index contributed by atoms with van der Waals surface area (Å²) in [6.07, 6.45) is 1.80. The number of amides is 1. The average molecular weight is 483 g/mol. The Morgan fingerprint density at radius 3 is 2.50 bits per heavy atom. The van der Waals surface area contributed by atoms with Gasteiger partial charge in [-0.05, 0) is 36.8 Å². The number of nitrogens with one attached hydrogen (secondary N) is 1. The highest BCUT2D eigenvalue weighted by Crippen LogP contribution is 2.36. The summed E-state index contributed by atoms with van der Waals surface area (Å²) in [4.78, 5) is 34.3. The maximum absolute atomic E-state index is 13.4. The molecule has 0 atom stereocenters. The maximum Gasteiger partial charge on any atom is 0.341 e. The molecule has 9 heteroatoms. The number of pyridine rings is 1. The summed E-state index contributed by atoms with van der Waals surface area (Å²) < 4.78 is 18.6. The Morgan fingerprint density at radius 2 is 1.82 bits per heavy atom. The van der Waals surface area contributed by atoms with Crippen molar-refractivity contribution >= 4 is 28.2 Å². The van der Waals surface area contributed by atoms with Crippen LogP contribution in [-0.4, -0.2) is 66.0 Å². The van der Waals surface area contributed by atoms with Gasteiger partial charge >= 0.3 is 5.97 Å². The van der Waals surface area contributed by atoms with Crippen LogP contribution < -0.4 is 5.32 Å². The number of benzene rings is 1. The van der Waals surface area contributed by atoms with Gasteiger partial charge < -0.3 is 10.1 Å². The minimum absolute atomic E-state index is 0.184. The molecule has 1 N–H and O–H groups in total. The van der Waals surface area contributed by atoms with Crippen LogP contribution in [-0.2, 0) is 16.1 Å². The molecule has 2 aromatic heterocycles. The molecule has 1 aromatic carbocycles. The van der Waals surface area contributed by atoms with Gasteiger partial charge in [0.2, 0.25) is 5.91 Å². The van der Waals surface area contributed by atoms with Crippen LogP contribution in [0, 0.1) is 5.82 Å². The summed E-state index contributed by atoms with van der Waals surface area (Å²) in [5.41, 5.74) is 2.63. The number of carbonyl (C=O) groups is 2. The number of esters is 1. The second kappa shape index (κ2) is 11.3. The van der Waals surface area contributed by atoms with E-state index in [9.17, 15) is 14.0 Å². The van der Waals surface area contributed by atoms with E-state index in [1.165, 1.54) is 23.5 Å². The Hall–Kier alpha value is -3.14. The minimum atomic E-state index is -0.512. The fourth-order valence-electron chi connectivity index (χ4n) is 3.89. The summed E-state index contributed by atoms with van der Waals surface area (Å²) in [7, 11) is 0. The second-order valence-electron chi connectivity index (χ2n) is 8.00. The Morgan fingerprint density at radius 1 is 1.09 bits per heavy atom. The highest BCUT2D eigenvalue weighted by molar-refractivity contribution is 7.15. The maximum atomic E-state index is 13.4. The van der Waals surface area contributed by atoms with Crippen molar-refractivity contribution in [3.05, 3.63) is 71.1 Å². The van der Waals surface area contributed by atoms with E-state index in [-0.39, 0.29) is 24.9 Å². The molecule has 1 aliphatic rings. The summed E-state index contributed by atoms with van der Waals surface area (Å²) in [5, 5.41) is 5.11. The lowest BCUT2D eigenvalue weighted by Crippen LogP contribution is -2.48. The fourth-order valence-corrected chi connectivity index (χ4v) is 4.87. The van der Waals surface area contributed by atoms with Gasteiger partial charge in [-0.15, -0.1) is 11.3 Å². The van der Waals surface area contributed by atoms with Crippen LogP contribution in [0.4, 0.5) is 9.39 Å². The van der Waals surface area contributed by atoms with E-state index in [0.717, 1.165) is 38.4 Å². The fraction of sp³-hybridized carbons (Fsp3) is 0.320. The Balaban J connectivity index is 1.38. The molecule has 7 nitrogen and oxygen atoms in total. The SMILES string of the molecule is CCOC(=O)c1c(-c2ccc(F)cc2)csc1NC(=O)CN1CCN(Cc2ccccn2)CC1. The number of carbonyl (C=O) groups excluding carboxylic acids is 2. The van der Waals surface area contributed by atoms with Gasteiger partial charge in [0.15, 0.2) is 0 Å². The molecule has 34 heavy (non-hydrogen) atoms. The number of aromatic nitrogens is 1. The van der Waals surface area contributed by atoms with E-state index in [1.54, 1.807) is 30.6 Å². The number of ether oxygens (including phenoxy) is 1. The highest BCUT2D eigenvalue weighted by Gasteiger charge is 2.24. The third kappa shape index (κ3) is 6.05. The standard InChI is InChI=1S/C25H27FN4O3S/c1-2-33-25(32)23-21(18-6-8-19(26)9-7-18)17-34-24(23)28-22(31)16-30-13-11-29(12-14-30)15-20-5-3-4-10-27-20/h3-10,17H,2,11-16H2,1H3,(H,28,31). The largest absolute Gasteiger partial charge is 0.462 e. The minimum Gasteiger partial charge on any atom is -0.462 e. The zero-order valence-electron chi connectivity index (χ0n) is 19.0. The molecule has 1 fully saturated rings. The molecule has 3 aromatic rings. The molecule has 1 aliphatic heterocycles. The van der Waals surface area contributed by atoms with E-state index in [1.807, 2.05) is 18.2 Å². The third-order valence-electron chi connectivity index (χ3n) is 5.62. The number of piperazine rings is 1. The average Bonchev–Trinajstić information content (AvgIpc) is 3.25. The summed E-state index contributed by atoms with van der Waals surface area (Å²) in [5.74, 6) is -1.05.